The van der Waals surface area contributed by atoms with Crippen molar-refractivity contribution in [1.29, 1.82) is 0 Å². The number of hydrogen-bond acceptors (Lipinski definition) is 3. The number of carbonyl (C=O) groups is 1. The molecule has 0 bridgehead atoms. The van der Waals surface area contributed by atoms with Crippen LogP contribution in [0.1, 0.15) is 5.56 Å². The summed E-state index contributed by atoms with van der Waals surface area (Å²) in [5.74, 6) is 0.912. The van der Waals surface area contributed by atoms with Gasteiger partial charge in [0.25, 0.3) is 0 Å². The second-order valence-corrected chi connectivity index (χ2v) is 4.21. The third-order valence-electron chi connectivity index (χ3n) is 2.81. The number of benzene rings is 1. The fourth-order valence-electron chi connectivity index (χ4n) is 1.92. The molecule has 0 fully saturated rings. The molecule has 0 unspecified atom stereocenters. The lowest BCUT2D eigenvalue weighted by molar-refractivity contribution is 0.191. The Balaban J connectivity index is 1.80. The summed E-state index contributed by atoms with van der Waals surface area (Å²) in [6.45, 7) is 1.53. The van der Waals surface area contributed by atoms with Crippen LogP contribution in [0.15, 0.2) is 24.3 Å². The highest BCUT2D eigenvalue weighted by atomic mass is 16.5. The van der Waals surface area contributed by atoms with E-state index in [4.69, 9.17) is 9.47 Å². The zero-order chi connectivity index (χ0) is 12.8. The maximum Gasteiger partial charge on any atom is 0.315 e. The number of ether oxygens (including phenoxy) is 2. The van der Waals surface area contributed by atoms with Crippen molar-refractivity contribution in [1.82, 2.24) is 10.6 Å². The molecule has 2 rings (SSSR count). The molecule has 2 amide bonds. The molecule has 0 radical (unpaired) electrons. The van der Waals surface area contributed by atoms with Crippen LogP contribution in [0.3, 0.4) is 0 Å². The third kappa shape index (κ3) is 3.37. The standard InChI is InChI=1S/C13H18N2O3/c1-17-7-6-14-13(16)15-11-8-10-4-2-3-5-12(10)18-9-11/h2-5,11H,6-9H2,1H3,(H2,14,15,16)/t11-/m0/s1. The van der Waals surface area contributed by atoms with E-state index in [2.05, 4.69) is 10.6 Å². The van der Waals surface area contributed by atoms with Crippen molar-refractivity contribution in [2.75, 3.05) is 26.9 Å². The second kappa shape index (κ2) is 6.26. The Hall–Kier alpha value is -1.75. The molecule has 0 aliphatic carbocycles. The topological polar surface area (TPSA) is 59.6 Å². The first-order chi connectivity index (χ1) is 8.79. The molecule has 1 aromatic carbocycles. The number of urea groups is 1. The van der Waals surface area contributed by atoms with Gasteiger partial charge in [0.15, 0.2) is 0 Å². The highest BCUT2D eigenvalue weighted by Gasteiger charge is 2.20. The van der Waals surface area contributed by atoms with Crippen molar-refractivity contribution >= 4 is 6.03 Å². The zero-order valence-corrected chi connectivity index (χ0v) is 10.4. The monoisotopic (exact) mass is 250 g/mol. The van der Waals surface area contributed by atoms with Crippen LogP contribution in [0.5, 0.6) is 5.75 Å². The molecular formula is C13H18N2O3. The van der Waals surface area contributed by atoms with Gasteiger partial charge in [0.2, 0.25) is 0 Å². The average molecular weight is 250 g/mol. The van der Waals surface area contributed by atoms with Crippen LogP contribution in [-0.2, 0) is 11.2 Å². The van der Waals surface area contributed by atoms with Crippen LogP contribution in [-0.4, -0.2) is 38.9 Å². The molecule has 2 N–H and O–H groups in total. The summed E-state index contributed by atoms with van der Waals surface area (Å²) in [6, 6.07) is 7.73. The molecule has 5 heteroatoms. The molecule has 0 spiro atoms. The largest absolute Gasteiger partial charge is 0.491 e. The summed E-state index contributed by atoms with van der Waals surface area (Å²) in [7, 11) is 1.60. The molecule has 1 aliphatic heterocycles. The van der Waals surface area contributed by atoms with Crippen molar-refractivity contribution in [2.45, 2.75) is 12.5 Å². The minimum absolute atomic E-state index is 0.0162. The Morgan fingerprint density at radius 3 is 3.17 bits per heavy atom. The SMILES string of the molecule is COCCNC(=O)N[C@@H]1COc2ccccc2C1. The lowest BCUT2D eigenvalue weighted by Gasteiger charge is -2.26. The average Bonchev–Trinajstić information content (AvgIpc) is 2.39. The molecule has 98 valence electrons. The van der Waals surface area contributed by atoms with Crippen molar-refractivity contribution in [2.24, 2.45) is 0 Å². The van der Waals surface area contributed by atoms with E-state index in [9.17, 15) is 4.79 Å². The number of amides is 2. The van der Waals surface area contributed by atoms with Gasteiger partial charge in [0.05, 0.1) is 12.6 Å². The summed E-state index contributed by atoms with van der Waals surface area (Å²) in [5, 5.41) is 5.61. The predicted molar refractivity (Wildman–Crippen MR) is 67.8 cm³/mol. The van der Waals surface area contributed by atoms with E-state index in [-0.39, 0.29) is 12.1 Å². The van der Waals surface area contributed by atoms with Crippen molar-refractivity contribution in [3.05, 3.63) is 29.8 Å². The summed E-state index contributed by atoms with van der Waals surface area (Å²) >= 11 is 0. The Labute approximate surface area is 106 Å². The van der Waals surface area contributed by atoms with Gasteiger partial charge in [-0.1, -0.05) is 18.2 Å². The fourth-order valence-corrected chi connectivity index (χ4v) is 1.92. The molecule has 1 aliphatic rings. The van der Waals surface area contributed by atoms with Crippen LogP contribution in [0, 0.1) is 0 Å². The van der Waals surface area contributed by atoms with E-state index in [1.54, 1.807) is 7.11 Å². The minimum atomic E-state index is -0.181. The molecule has 5 nitrogen and oxygen atoms in total. The van der Waals surface area contributed by atoms with Gasteiger partial charge in [-0.25, -0.2) is 4.79 Å². The van der Waals surface area contributed by atoms with Crippen molar-refractivity contribution in [3.8, 4) is 5.75 Å². The number of rotatable bonds is 4. The van der Waals surface area contributed by atoms with Gasteiger partial charge in [-0.15, -0.1) is 0 Å². The fraction of sp³-hybridized carbons (Fsp3) is 0.462. The Morgan fingerprint density at radius 1 is 1.50 bits per heavy atom. The number of carbonyl (C=O) groups excluding carboxylic acids is 1. The number of hydrogen-bond donors (Lipinski definition) is 2. The maximum absolute atomic E-state index is 11.6. The van der Waals surface area contributed by atoms with E-state index >= 15 is 0 Å². The minimum Gasteiger partial charge on any atom is -0.491 e. The van der Waals surface area contributed by atoms with Crippen molar-refractivity contribution < 1.29 is 14.3 Å². The Bertz CT molecular complexity index is 409. The van der Waals surface area contributed by atoms with E-state index in [1.165, 1.54) is 0 Å². The van der Waals surface area contributed by atoms with Crippen LogP contribution >= 0.6 is 0 Å². The molecule has 1 atom stereocenters. The highest BCUT2D eigenvalue weighted by Crippen LogP contribution is 2.23. The first-order valence-electron chi connectivity index (χ1n) is 6.03. The quantitative estimate of drug-likeness (QED) is 0.782. The smallest absolute Gasteiger partial charge is 0.315 e. The van der Waals surface area contributed by atoms with Crippen LogP contribution < -0.4 is 15.4 Å². The number of fused-ring (bicyclic) bond motifs is 1. The van der Waals surface area contributed by atoms with Gasteiger partial charge in [-0.05, 0) is 18.1 Å². The van der Waals surface area contributed by atoms with Crippen LogP contribution in [0.25, 0.3) is 0 Å². The van der Waals surface area contributed by atoms with E-state index in [1.807, 2.05) is 24.3 Å². The highest BCUT2D eigenvalue weighted by molar-refractivity contribution is 5.74. The summed E-state index contributed by atoms with van der Waals surface area (Å²) in [6.07, 6.45) is 0.799. The molecule has 0 saturated heterocycles. The van der Waals surface area contributed by atoms with Gasteiger partial charge in [-0.2, -0.15) is 0 Å². The first kappa shape index (κ1) is 12.7. The summed E-state index contributed by atoms with van der Waals surface area (Å²) < 4.78 is 10.5. The van der Waals surface area contributed by atoms with Gasteiger partial charge in [0.1, 0.15) is 12.4 Å². The lowest BCUT2D eigenvalue weighted by Crippen LogP contribution is -2.47. The lowest BCUT2D eigenvalue weighted by atomic mass is 10.0. The number of nitrogens with one attached hydrogen (secondary N) is 2. The van der Waals surface area contributed by atoms with Gasteiger partial charge in [-0.3, -0.25) is 0 Å². The summed E-state index contributed by atoms with van der Waals surface area (Å²) in [4.78, 5) is 11.6. The second-order valence-electron chi connectivity index (χ2n) is 4.21. The van der Waals surface area contributed by atoms with E-state index in [0.717, 1.165) is 17.7 Å². The van der Waals surface area contributed by atoms with Gasteiger partial charge in [0, 0.05) is 13.7 Å². The van der Waals surface area contributed by atoms with E-state index < -0.39 is 0 Å². The van der Waals surface area contributed by atoms with Crippen molar-refractivity contribution in [3.63, 3.8) is 0 Å². The normalized spacial score (nSPS) is 17.5. The van der Waals surface area contributed by atoms with Crippen LogP contribution in [0.2, 0.25) is 0 Å². The summed E-state index contributed by atoms with van der Waals surface area (Å²) in [5.41, 5.74) is 1.13. The first-order valence-corrected chi connectivity index (χ1v) is 6.03. The number of methoxy groups -OCH3 is 1. The molecule has 1 aromatic rings. The van der Waals surface area contributed by atoms with Crippen LogP contribution in [0.4, 0.5) is 4.79 Å². The van der Waals surface area contributed by atoms with Gasteiger partial charge >= 0.3 is 6.03 Å². The molecular weight excluding hydrogens is 232 g/mol. The Kier molecular flexibility index (Phi) is 4.41. The molecule has 1 heterocycles. The molecule has 0 saturated carbocycles. The zero-order valence-electron chi connectivity index (χ0n) is 10.4. The Morgan fingerprint density at radius 2 is 2.33 bits per heavy atom. The molecule has 0 aromatic heterocycles. The van der Waals surface area contributed by atoms with Gasteiger partial charge < -0.3 is 20.1 Å². The third-order valence-corrected chi connectivity index (χ3v) is 2.81. The van der Waals surface area contributed by atoms with E-state index in [0.29, 0.717) is 19.8 Å². The maximum atomic E-state index is 11.6. The predicted octanol–water partition coefficient (Wildman–Crippen LogP) is 0.936. The number of para-hydroxylation sites is 1. The molecule has 18 heavy (non-hydrogen) atoms.